The van der Waals surface area contributed by atoms with Gasteiger partial charge in [0.05, 0.1) is 0 Å². The molecule has 1 aliphatic carbocycles. The van der Waals surface area contributed by atoms with Crippen LogP contribution < -0.4 is 0 Å². The molecule has 0 radical (unpaired) electrons. The van der Waals surface area contributed by atoms with Crippen molar-refractivity contribution in [1.29, 1.82) is 0 Å². The van der Waals surface area contributed by atoms with Gasteiger partial charge in [-0.2, -0.15) is 0 Å². The molecule has 78 valence electrons. The van der Waals surface area contributed by atoms with Gasteiger partial charge in [0.15, 0.2) is 0 Å². The summed E-state index contributed by atoms with van der Waals surface area (Å²) in [5.74, 6) is 0. The summed E-state index contributed by atoms with van der Waals surface area (Å²) in [6, 6.07) is 1.69. The van der Waals surface area contributed by atoms with Crippen LogP contribution >= 0.6 is 15.9 Å². The van der Waals surface area contributed by atoms with Crippen molar-refractivity contribution in [2.45, 2.75) is 58.0 Å². The van der Waals surface area contributed by atoms with Gasteiger partial charge in [-0.25, -0.2) is 0 Å². The third-order valence-electron chi connectivity index (χ3n) is 3.25. The highest BCUT2D eigenvalue weighted by atomic mass is 79.9. The Morgan fingerprint density at radius 3 is 2.54 bits per heavy atom. The highest BCUT2D eigenvalue weighted by Gasteiger charge is 2.26. The van der Waals surface area contributed by atoms with E-state index in [2.05, 4.69) is 34.7 Å². The summed E-state index contributed by atoms with van der Waals surface area (Å²) in [6.45, 7) is 5.95. The van der Waals surface area contributed by atoms with Gasteiger partial charge in [-0.15, -0.1) is 0 Å². The molecule has 2 heteroatoms. The minimum absolute atomic E-state index is 0.782. The van der Waals surface area contributed by atoms with Crippen molar-refractivity contribution in [1.82, 2.24) is 4.90 Å². The van der Waals surface area contributed by atoms with E-state index in [1.54, 1.807) is 0 Å². The lowest BCUT2D eigenvalue weighted by atomic mass is 9.90. The van der Waals surface area contributed by atoms with Crippen LogP contribution in [0.5, 0.6) is 0 Å². The van der Waals surface area contributed by atoms with Crippen LogP contribution in [-0.2, 0) is 0 Å². The molecular weight excluding hydrogens is 226 g/mol. The summed E-state index contributed by atoms with van der Waals surface area (Å²) in [5, 5.41) is 1.15. The molecule has 0 aromatic heterocycles. The topological polar surface area (TPSA) is 3.24 Å². The van der Waals surface area contributed by atoms with E-state index in [9.17, 15) is 0 Å². The first-order valence-electron chi connectivity index (χ1n) is 5.61. The summed E-state index contributed by atoms with van der Waals surface area (Å²) >= 11 is 3.51. The van der Waals surface area contributed by atoms with Gasteiger partial charge in [-0.3, -0.25) is 4.90 Å². The highest BCUT2D eigenvalue weighted by Crippen LogP contribution is 2.27. The van der Waals surface area contributed by atoms with Crippen LogP contribution in [0.3, 0.4) is 0 Å². The lowest BCUT2D eigenvalue weighted by Crippen LogP contribution is -2.45. The molecule has 1 unspecified atom stereocenters. The van der Waals surface area contributed by atoms with Crippen molar-refractivity contribution in [3.05, 3.63) is 0 Å². The minimum Gasteiger partial charge on any atom is -0.298 e. The molecule has 0 spiro atoms. The summed E-state index contributed by atoms with van der Waals surface area (Å²) in [7, 11) is 0. The first kappa shape index (κ1) is 11.5. The van der Waals surface area contributed by atoms with Gasteiger partial charge in [0, 0.05) is 17.4 Å². The maximum absolute atomic E-state index is 3.51. The van der Waals surface area contributed by atoms with Gasteiger partial charge in [0.2, 0.25) is 0 Å². The Labute approximate surface area is 91.0 Å². The predicted octanol–water partition coefficient (Wildman–Crippen LogP) is 3.42. The molecule has 0 N–H and O–H groups in total. The number of halogens is 1. The molecule has 0 aliphatic heterocycles. The zero-order valence-corrected chi connectivity index (χ0v) is 10.5. The van der Waals surface area contributed by atoms with Crippen LogP contribution in [0, 0.1) is 0 Å². The van der Waals surface area contributed by atoms with Crippen molar-refractivity contribution >= 4 is 15.9 Å². The van der Waals surface area contributed by atoms with E-state index in [1.165, 1.54) is 38.6 Å². The molecule has 1 aliphatic rings. The SMILES string of the molecule is CCC(C)N(CCCBr)C1CCC1. The van der Waals surface area contributed by atoms with Gasteiger partial charge < -0.3 is 0 Å². The Hall–Kier alpha value is 0.440. The summed E-state index contributed by atoms with van der Waals surface area (Å²) in [6.07, 6.45) is 6.91. The molecule has 1 atom stereocenters. The van der Waals surface area contributed by atoms with Gasteiger partial charge in [-0.05, 0) is 39.2 Å². The van der Waals surface area contributed by atoms with E-state index in [0.717, 1.165) is 17.4 Å². The third-order valence-corrected chi connectivity index (χ3v) is 3.81. The smallest absolute Gasteiger partial charge is 0.00980 e. The summed E-state index contributed by atoms with van der Waals surface area (Å²) in [5.41, 5.74) is 0. The molecule has 0 heterocycles. The molecule has 1 saturated carbocycles. The van der Waals surface area contributed by atoms with Crippen LogP contribution in [0.2, 0.25) is 0 Å². The average Bonchev–Trinajstić information content (AvgIpc) is 2.07. The normalized spacial score (nSPS) is 20.3. The Kier molecular flexibility index (Phi) is 5.34. The zero-order valence-electron chi connectivity index (χ0n) is 8.93. The largest absolute Gasteiger partial charge is 0.298 e. The lowest BCUT2D eigenvalue weighted by Gasteiger charge is -2.41. The fraction of sp³-hybridized carbons (Fsp3) is 1.00. The van der Waals surface area contributed by atoms with Crippen LogP contribution in [0.1, 0.15) is 46.0 Å². The van der Waals surface area contributed by atoms with Crippen molar-refractivity contribution in [2.24, 2.45) is 0 Å². The Balaban J connectivity index is 2.33. The first-order chi connectivity index (χ1) is 6.29. The molecule has 0 bridgehead atoms. The van der Waals surface area contributed by atoms with Crippen LogP contribution in [0.25, 0.3) is 0 Å². The van der Waals surface area contributed by atoms with Gasteiger partial charge >= 0.3 is 0 Å². The summed E-state index contributed by atoms with van der Waals surface area (Å²) in [4.78, 5) is 2.71. The van der Waals surface area contributed by atoms with Gasteiger partial charge in [0.25, 0.3) is 0 Å². The van der Waals surface area contributed by atoms with Crippen molar-refractivity contribution in [3.8, 4) is 0 Å². The van der Waals surface area contributed by atoms with Gasteiger partial charge in [0.1, 0.15) is 0 Å². The number of alkyl halides is 1. The molecule has 0 aromatic rings. The summed E-state index contributed by atoms with van der Waals surface area (Å²) < 4.78 is 0. The third kappa shape index (κ3) is 3.25. The predicted molar refractivity (Wildman–Crippen MR) is 62.5 cm³/mol. The van der Waals surface area contributed by atoms with Crippen LogP contribution in [0.4, 0.5) is 0 Å². The Morgan fingerprint density at radius 1 is 1.46 bits per heavy atom. The van der Waals surface area contributed by atoms with Crippen molar-refractivity contribution in [2.75, 3.05) is 11.9 Å². The molecule has 1 fully saturated rings. The maximum Gasteiger partial charge on any atom is 0.00980 e. The van der Waals surface area contributed by atoms with E-state index in [4.69, 9.17) is 0 Å². The van der Waals surface area contributed by atoms with Crippen LogP contribution in [0.15, 0.2) is 0 Å². The van der Waals surface area contributed by atoms with E-state index in [1.807, 2.05) is 0 Å². The molecule has 1 nitrogen and oxygen atoms in total. The average molecular weight is 248 g/mol. The highest BCUT2D eigenvalue weighted by molar-refractivity contribution is 9.09. The van der Waals surface area contributed by atoms with E-state index in [0.29, 0.717) is 0 Å². The Morgan fingerprint density at radius 2 is 2.15 bits per heavy atom. The number of rotatable bonds is 6. The molecular formula is C11H22BrN. The first-order valence-corrected chi connectivity index (χ1v) is 6.73. The molecule has 0 saturated heterocycles. The number of hydrogen-bond acceptors (Lipinski definition) is 1. The zero-order chi connectivity index (χ0) is 9.68. The number of hydrogen-bond donors (Lipinski definition) is 0. The lowest BCUT2D eigenvalue weighted by molar-refractivity contribution is 0.0853. The second kappa shape index (κ2) is 6.02. The minimum atomic E-state index is 0.782. The monoisotopic (exact) mass is 247 g/mol. The molecule has 0 amide bonds. The van der Waals surface area contributed by atoms with Crippen LogP contribution in [-0.4, -0.2) is 28.9 Å². The molecule has 1 rings (SSSR count). The fourth-order valence-corrected chi connectivity index (χ4v) is 2.21. The quantitative estimate of drug-likeness (QED) is 0.651. The second-order valence-corrected chi connectivity index (χ2v) is 4.92. The van der Waals surface area contributed by atoms with Crippen molar-refractivity contribution in [3.63, 3.8) is 0 Å². The molecule has 0 aromatic carbocycles. The van der Waals surface area contributed by atoms with E-state index in [-0.39, 0.29) is 0 Å². The van der Waals surface area contributed by atoms with Gasteiger partial charge in [-0.1, -0.05) is 29.3 Å². The second-order valence-electron chi connectivity index (χ2n) is 4.12. The van der Waals surface area contributed by atoms with Crippen molar-refractivity contribution < 1.29 is 0 Å². The fourth-order valence-electron chi connectivity index (χ4n) is 1.96. The molecule has 13 heavy (non-hydrogen) atoms. The Bertz CT molecular complexity index is 129. The number of nitrogens with zero attached hydrogens (tertiary/aromatic N) is 1. The maximum atomic E-state index is 3.51. The van der Waals surface area contributed by atoms with E-state index >= 15 is 0 Å². The standard InChI is InChI=1S/C11H22BrN/c1-3-10(2)13(9-5-8-12)11-6-4-7-11/h10-11H,3-9H2,1-2H3. The van der Waals surface area contributed by atoms with E-state index < -0.39 is 0 Å².